The lowest BCUT2D eigenvalue weighted by Gasteiger charge is -2.14. The lowest BCUT2D eigenvalue weighted by molar-refractivity contribution is 0.391. The van der Waals surface area contributed by atoms with E-state index in [2.05, 4.69) is 60.7 Å². The van der Waals surface area contributed by atoms with Crippen LogP contribution in [0.4, 0.5) is 0 Å². The van der Waals surface area contributed by atoms with Crippen molar-refractivity contribution in [2.75, 3.05) is 34.3 Å². The summed E-state index contributed by atoms with van der Waals surface area (Å²) in [5.74, 6) is 0.962. The molecule has 1 N–H and O–H groups in total. The van der Waals surface area contributed by atoms with E-state index in [1.54, 1.807) is 7.11 Å². The summed E-state index contributed by atoms with van der Waals surface area (Å²) in [5, 5.41) is 6.05. The number of methoxy groups -OCH3 is 1. The van der Waals surface area contributed by atoms with Gasteiger partial charge in [0.1, 0.15) is 5.75 Å². The molecule has 3 nitrogen and oxygen atoms in total. The number of nitrogens with one attached hydrogen (secondary N) is 1. The molecule has 0 aromatic heterocycles. The van der Waals surface area contributed by atoms with Gasteiger partial charge < -0.3 is 15.0 Å². The number of hydrogen-bond acceptors (Lipinski definition) is 3. The van der Waals surface area contributed by atoms with E-state index in [1.165, 1.54) is 16.3 Å². The summed E-state index contributed by atoms with van der Waals surface area (Å²) in [4.78, 5) is 2.21. The SMILES string of the molecule is COc1ccc2ccccc2c1CNCCCN(C)C. The largest absolute Gasteiger partial charge is 0.496 e. The second kappa shape index (κ2) is 7.27. The number of rotatable bonds is 7. The maximum atomic E-state index is 5.50. The summed E-state index contributed by atoms with van der Waals surface area (Å²) in [5.41, 5.74) is 1.25. The van der Waals surface area contributed by atoms with Crippen LogP contribution in [-0.4, -0.2) is 39.2 Å². The number of hydrogen-bond donors (Lipinski definition) is 1. The molecule has 0 amide bonds. The number of ether oxygens (including phenoxy) is 1. The zero-order valence-electron chi connectivity index (χ0n) is 12.6. The Morgan fingerprint density at radius 3 is 2.65 bits per heavy atom. The molecule has 0 atom stereocenters. The highest BCUT2D eigenvalue weighted by molar-refractivity contribution is 5.87. The van der Waals surface area contributed by atoms with E-state index in [-0.39, 0.29) is 0 Å². The molecule has 0 fully saturated rings. The summed E-state index contributed by atoms with van der Waals surface area (Å²) in [6, 6.07) is 12.6. The van der Waals surface area contributed by atoms with Gasteiger partial charge in [0.15, 0.2) is 0 Å². The van der Waals surface area contributed by atoms with Gasteiger partial charge >= 0.3 is 0 Å². The first-order chi connectivity index (χ1) is 9.72. The van der Waals surface area contributed by atoms with Crippen molar-refractivity contribution in [1.82, 2.24) is 10.2 Å². The Morgan fingerprint density at radius 1 is 1.10 bits per heavy atom. The average Bonchev–Trinajstić information content (AvgIpc) is 2.46. The van der Waals surface area contributed by atoms with Crippen LogP contribution in [0.3, 0.4) is 0 Å². The normalized spacial score (nSPS) is 11.2. The first kappa shape index (κ1) is 14.8. The fraction of sp³-hybridized carbons (Fsp3) is 0.412. The first-order valence-electron chi connectivity index (χ1n) is 7.12. The average molecular weight is 272 g/mol. The third-order valence-corrected chi connectivity index (χ3v) is 3.48. The molecule has 0 saturated carbocycles. The molecule has 20 heavy (non-hydrogen) atoms. The molecular weight excluding hydrogens is 248 g/mol. The Hall–Kier alpha value is -1.58. The summed E-state index contributed by atoms with van der Waals surface area (Å²) in [7, 11) is 5.95. The first-order valence-corrected chi connectivity index (χ1v) is 7.12. The predicted octanol–water partition coefficient (Wildman–Crippen LogP) is 2.89. The van der Waals surface area contributed by atoms with E-state index in [1.807, 2.05) is 0 Å². The quantitative estimate of drug-likeness (QED) is 0.784. The molecule has 0 aliphatic rings. The van der Waals surface area contributed by atoms with Crippen molar-refractivity contribution >= 4 is 10.8 Å². The standard InChI is InChI=1S/C17H24N2O/c1-19(2)12-6-11-18-13-16-15-8-5-4-7-14(15)9-10-17(16)20-3/h4-5,7-10,18H,6,11-13H2,1-3H3. The summed E-state index contributed by atoms with van der Waals surface area (Å²) in [6.07, 6.45) is 1.15. The van der Waals surface area contributed by atoms with Crippen LogP contribution in [0.15, 0.2) is 36.4 Å². The lowest BCUT2D eigenvalue weighted by atomic mass is 10.0. The van der Waals surface area contributed by atoms with Crippen LogP contribution in [0.5, 0.6) is 5.75 Å². The van der Waals surface area contributed by atoms with Crippen molar-refractivity contribution in [3.05, 3.63) is 42.0 Å². The van der Waals surface area contributed by atoms with E-state index >= 15 is 0 Å². The molecule has 3 heteroatoms. The van der Waals surface area contributed by atoms with Crippen LogP contribution in [0.1, 0.15) is 12.0 Å². The highest BCUT2D eigenvalue weighted by Gasteiger charge is 2.07. The lowest BCUT2D eigenvalue weighted by Crippen LogP contribution is -2.21. The zero-order valence-corrected chi connectivity index (χ0v) is 12.6. The van der Waals surface area contributed by atoms with E-state index < -0.39 is 0 Å². The fourth-order valence-electron chi connectivity index (χ4n) is 2.42. The zero-order chi connectivity index (χ0) is 14.4. The van der Waals surface area contributed by atoms with Crippen LogP contribution in [0, 0.1) is 0 Å². The van der Waals surface area contributed by atoms with Crippen LogP contribution in [0.2, 0.25) is 0 Å². The molecule has 0 heterocycles. The number of benzene rings is 2. The van der Waals surface area contributed by atoms with Gasteiger partial charge in [0, 0.05) is 12.1 Å². The fourth-order valence-corrected chi connectivity index (χ4v) is 2.42. The monoisotopic (exact) mass is 272 g/mol. The summed E-state index contributed by atoms with van der Waals surface area (Å²) >= 11 is 0. The van der Waals surface area contributed by atoms with Crippen molar-refractivity contribution in [3.8, 4) is 5.75 Å². The molecule has 0 unspecified atom stereocenters. The molecule has 2 aromatic carbocycles. The Balaban J connectivity index is 2.07. The van der Waals surface area contributed by atoms with E-state index in [4.69, 9.17) is 4.74 Å². The molecule has 0 saturated heterocycles. The predicted molar refractivity (Wildman–Crippen MR) is 85.4 cm³/mol. The third kappa shape index (κ3) is 3.71. The van der Waals surface area contributed by atoms with Crippen molar-refractivity contribution in [2.24, 2.45) is 0 Å². The van der Waals surface area contributed by atoms with Gasteiger partial charge in [-0.1, -0.05) is 30.3 Å². The Bertz CT molecular complexity index is 552. The molecule has 0 spiro atoms. The Kier molecular flexibility index (Phi) is 5.39. The minimum atomic E-state index is 0.845. The molecular formula is C17H24N2O. The van der Waals surface area contributed by atoms with Gasteiger partial charge in [-0.3, -0.25) is 0 Å². The minimum absolute atomic E-state index is 0.845. The van der Waals surface area contributed by atoms with Crippen LogP contribution in [-0.2, 0) is 6.54 Å². The third-order valence-electron chi connectivity index (χ3n) is 3.48. The second-order valence-electron chi connectivity index (χ2n) is 5.30. The highest BCUT2D eigenvalue weighted by Crippen LogP contribution is 2.27. The summed E-state index contributed by atoms with van der Waals surface area (Å²) < 4.78 is 5.50. The van der Waals surface area contributed by atoms with Crippen LogP contribution < -0.4 is 10.1 Å². The van der Waals surface area contributed by atoms with Crippen molar-refractivity contribution in [2.45, 2.75) is 13.0 Å². The maximum absolute atomic E-state index is 5.50. The van der Waals surface area contributed by atoms with E-state index in [0.29, 0.717) is 0 Å². The Morgan fingerprint density at radius 2 is 1.90 bits per heavy atom. The van der Waals surface area contributed by atoms with Gasteiger partial charge in [-0.25, -0.2) is 0 Å². The topological polar surface area (TPSA) is 24.5 Å². The van der Waals surface area contributed by atoms with Gasteiger partial charge in [0.25, 0.3) is 0 Å². The van der Waals surface area contributed by atoms with Crippen LogP contribution in [0.25, 0.3) is 10.8 Å². The molecule has 0 aliphatic carbocycles. The van der Waals surface area contributed by atoms with Crippen molar-refractivity contribution < 1.29 is 4.74 Å². The van der Waals surface area contributed by atoms with E-state index in [9.17, 15) is 0 Å². The van der Waals surface area contributed by atoms with Gasteiger partial charge in [-0.05, 0) is 50.4 Å². The number of nitrogens with zero attached hydrogens (tertiary/aromatic N) is 1. The Labute approximate surface area is 121 Å². The highest BCUT2D eigenvalue weighted by atomic mass is 16.5. The van der Waals surface area contributed by atoms with E-state index in [0.717, 1.165) is 31.8 Å². The molecule has 2 aromatic rings. The van der Waals surface area contributed by atoms with Gasteiger partial charge in [-0.2, -0.15) is 0 Å². The molecule has 108 valence electrons. The molecule has 0 bridgehead atoms. The summed E-state index contributed by atoms with van der Waals surface area (Å²) in [6.45, 7) is 2.97. The maximum Gasteiger partial charge on any atom is 0.123 e. The smallest absolute Gasteiger partial charge is 0.123 e. The van der Waals surface area contributed by atoms with Crippen molar-refractivity contribution in [3.63, 3.8) is 0 Å². The molecule has 0 aliphatic heterocycles. The van der Waals surface area contributed by atoms with Gasteiger partial charge in [0.05, 0.1) is 7.11 Å². The minimum Gasteiger partial charge on any atom is -0.496 e. The second-order valence-corrected chi connectivity index (χ2v) is 5.30. The van der Waals surface area contributed by atoms with Gasteiger partial charge in [-0.15, -0.1) is 0 Å². The van der Waals surface area contributed by atoms with Gasteiger partial charge in [0.2, 0.25) is 0 Å². The van der Waals surface area contributed by atoms with Crippen LogP contribution >= 0.6 is 0 Å². The molecule has 0 radical (unpaired) electrons. The number of fused-ring (bicyclic) bond motifs is 1. The van der Waals surface area contributed by atoms with Crippen molar-refractivity contribution in [1.29, 1.82) is 0 Å². The molecule has 2 rings (SSSR count).